The summed E-state index contributed by atoms with van der Waals surface area (Å²) in [6.07, 6.45) is 0. The molecule has 0 bridgehead atoms. The van der Waals surface area contributed by atoms with Crippen LogP contribution in [0.5, 0.6) is 0 Å². The standard InChI is InChI=1S/C15H16N4O3S/c1-10(15(21)18-19-16)17-14(20)9-23(22)13-7-6-11-4-2-3-5-12(11)8-13/h2-8,10H,9H2,1H3,(H,17,20)(H2,16,18,21). The average Bonchev–Trinajstić information content (AvgIpc) is 2.54. The van der Waals surface area contributed by atoms with Crippen LogP contribution in [0.1, 0.15) is 6.92 Å². The number of benzene rings is 2. The number of hydrogen-bond acceptors (Lipinski definition) is 5. The van der Waals surface area contributed by atoms with Crippen molar-refractivity contribution in [2.45, 2.75) is 17.9 Å². The molecule has 0 saturated heterocycles. The minimum atomic E-state index is -1.51. The summed E-state index contributed by atoms with van der Waals surface area (Å²) in [6.45, 7) is 1.46. The monoisotopic (exact) mass is 332 g/mol. The number of nitrogens with zero attached hydrogens (tertiary/aromatic N) is 1. The number of fused-ring (bicyclic) bond motifs is 1. The van der Waals surface area contributed by atoms with Crippen molar-refractivity contribution in [3.63, 3.8) is 0 Å². The van der Waals surface area contributed by atoms with Crippen LogP contribution < -0.4 is 10.7 Å². The lowest BCUT2D eigenvalue weighted by Gasteiger charge is -2.11. The number of rotatable bonds is 6. The first-order chi connectivity index (χ1) is 11.0. The zero-order valence-corrected chi connectivity index (χ0v) is 13.2. The first-order valence-electron chi connectivity index (χ1n) is 6.84. The van der Waals surface area contributed by atoms with Gasteiger partial charge in [-0.05, 0) is 29.8 Å². The summed E-state index contributed by atoms with van der Waals surface area (Å²) >= 11 is 0. The number of carbonyl (C=O) groups is 2. The Labute approximate surface area is 135 Å². The molecule has 0 aliphatic heterocycles. The Hall–Kier alpha value is -2.61. The number of hydrogen-bond donors (Lipinski definition) is 3. The molecule has 7 nitrogen and oxygen atoms in total. The van der Waals surface area contributed by atoms with Gasteiger partial charge in [0.1, 0.15) is 11.8 Å². The van der Waals surface area contributed by atoms with Gasteiger partial charge in [-0.1, -0.05) is 35.6 Å². The molecular weight excluding hydrogens is 316 g/mol. The first-order valence-corrected chi connectivity index (χ1v) is 8.16. The van der Waals surface area contributed by atoms with E-state index in [0.29, 0.717) is 4.90 Å². The minimum absolute atomic E-state index is 0.242. The maximum atomic E-state index is 12.3. The van der Waals surface area contributed by atoms with Gasteiger partial charge >= 0.3 is 0 Å². The summed E-state index contributed by atoms with van der Waals surface area (Å²) in [7, 11) is -1.51. The smallest absolute Gasteiger partial charge is 0.263 e. The average molecular weight is 332 g/mol. The molecule has 0 heterocycles. The number of nitrogens with one attached hydrogen (secondary N) is 3. The van der Waals surface area contributed by atoms with Crippen LogP contribution in [0.25, 0.3) is 10.8 Å². The highest BCUT2D eigenvalue weighted by molar-refractivity contribution is 7.85. The normalized spacial score (nSPS) is 13.1. The number of carbonyl (C=O) groups excluding carboxylic acids is 2. The van der Waals surface area contributed by atoms with Crippen LogP contribution in [0.2, 0.25) is 0 Å². The van der Waals surface area contributed by atoms with Crippen molar-refractivity contribution in [1.29, 1.82) is 5.53 Å². The minimum Gasteiger partial charge on any atom is -0.344 e. The van der Waals surface area contributed by atoms with Crippen molar-refractivity contribution < 1.29 is 13.8 Å². The fraction of sp³-hybridized carbons (Fsp3) is 0.200. The van der Waals surface area contributed by atoms with Crippen LogP contribution in [-0.4, -0.2) is 27.8 Å². The molecule has 8 heteroatoms. The van der Waals surface area contributed by atoms with E-state index in [-0.39, 0.29) is 5.75 Å². The molecule has 0 spiro atoms. The second-order valence-electron chi connectivity index (χ2n) is 4.88. The van der Waals surface area contributed by atoms with E-state index in [0.717, 1.165) is 10.8 Å². The van der Waals surface area contributed by atoms with Gasteiger partial charge in [0.25, 0.3) is 5.91 Å². The second-order valence-corrected chi connectivity index (χ2v) is 6.33. The van der Waals surface area contributed by atoms with Crippen LogP contribution in [-0.2, 0) is 20.4 Å². The molecule has 3 N–H and O–H groups in total. The van der Waals surface area contributed by atoms with Crippen LogP contribution in [0.15, 0.2) is 52.6 Å². The largest absolute Gasteiger partial charge is 0.344 e. The van der Waals surface area contributed by atoms with Gasteiger partial charge in [-0.2, -0.15) is 5.53 Å². The predicted molar refractivity (Wildman–Crippen MR) is 86.1 cm³/mol. The van der Waals surface area contributed by atoms with Gasteiger partial charge < -0.3 is 5.32 Å². The third-order valence-electron chi connectivity index (χ3n) is 3.18. The molecule has 2 aromatic carbocycles. The lowest BCUT2D eigenvalue weighted by atomic mass is 10.1. The first kappa shape index (κ1) is 16.8. The Balaban J connectivity index is 2.01. The van der Waals surface area contributed by atoms with Gasteiger partial charge in [0.2, 0.25) is 5.91 Å². The Morgan fingerprint density at radius 2 is 1.91 bits per heavy atom. The van der Waals surface area contributed by atoms with E-state index in [1.54, 1.807) is 12.1 Å². The Kier molecular flexibility index (Phi) is 5.53. The van der Waals surface area contributed by atoms with E-state index in [4.69, 9.17) is 5.53 Å². The molecule has 2 unspecified atom stereocenters. The molecule has 2 aromatic rings. The predicted octanol–water partition coefficient (Wildman–Crippen LogP) is 1.51. The summed E-state index contributed by atoms with van der Waals surface area (Å²) in [6, 6.07) is 12.2. The van der Waals surface area contributed by atoms with Gasteiger partial charge in [-0.3, -0.25) is 13.8 Å². The molecule has 0 aliphatic carbocycles. The van der Waals surface area contributed by atoms with E-state index in [1.807, 2.05) is 35.8 Å². The van der Waals surface area contributed by atoms with Crippen molar-refractivity contribution in [1.82, 2.24) is 10.7 Å². The van der Waals surface area contributed by atoms with E-state index >= 15 is 0 Å². The lowest BCUT2D eigenvalue weighted by Crippen LogP contribution is -2.44. The Morgan fingerprint density at radius 1 is 1.22 bits per heavy atom. The summed E-state index contributed by atoms with van der Waals surface area (Å²) in [5.74, 6) is -1.36. The van der Waals surface area contributed by atoms with Crippen LogP contribution >= 0.6 is 0 Å². The molecule has 23 heavy (non-hydrogen) atoms. The molecule has 0 saturated carbocycles. The number of amides is 2. The fourth-order valence-corrected chi connectivity index (χ4v) is 2.98. The molecule has 0 aliphatic rings. The maximum absolute atomic E-state index is 12.3. The Morgan fingerprint density at radius 3 is 2.61 bits per heavy atom. The van der Waals surface area contributed by atoms with Crippen molar-refractivity contribution in [2.24, 2.45) is 5.22 Å². The summed E-state index contributed by atoms with van der Waals surface area (Å²) in [4.78, 5) is 23.8. The van der Waals surface area contributed by atoms with Crippen LogP contribution in [0.3, 0.4) is 0 Å². The van der Waals surface area contributed by atoms with E-state index in [9.17, 15) is 13.8 Å². The molecule has 0 fully saturated rings. The molecule has 2 rings (SSSR count). The van der Waals surface area contributed by atoms with Crippen molar-refractivity contribution in [2.75, 3.05) is 5.75 Å². The summed E-state index contributed by atoms with van der Waals surface area (Å²) in [5, 5.41) is 7.13. The van der Waals surface area contributed by atoms with Gasteiger partial charge in [0.05, 0.1) is 10.8 Å². The van der Waals surface area contributed by atoms with Crippen molar-refractivity contribution in [3.8, 4) is 0 Å². The van der Waals surface area contributed by atoms with Gasteiger partial charge in [0.15, 0.2) is 0 Å². The second kappa shape index (κ2) is 7.59. The molecule has 2 amide bonds. The van der Waals surface area contributed by atoms with E-state index < -0.39 is 28.7 Å². The molecule has 0 aromatic heterocycles. The molecular formula is C15H16N4O3S. The van der Waals surface area contributed by atoms with Crippen molar-refractivity contribution in [3.05, 3.63) is 42.5 Å². The van der Waals surface area contributed by atoms with Crippen LogP contribution in [0, 0.1) is 5.53 Å². The van der Waals surface area contributed by atoms with Gasteiger partial charge in [0, 0.05) is 4.90 Å². The highest BCUT2D eigenvalue weighted by Crippen LogP contribution is 2.18. The van der Waals surface area contributed by atoms with Gasteiger partial charge in [-0.15, -0.1) is 0 Å². The molecule has 120 valence electrons. The van der Waals surface area contributed by atoms with E-state index in [1.165, 1.54) is 6.92 Å². The van der Waals surface area contributed by atoms with Crippen LogP contribution in [0.4, 0.5) is 0 Å². The quantitative estimate of drug-likeness (QED) is 0.550. The summed E-state index contributed by atoms with van der Waals surface area (Å²) in [5.41, 5.74) is 8.45. The zero-order valence-electron chi connectivity index (χ0n) is 12.4. The topological polar surface area (TPSA) is 111 Å². The Bertz CT molecular complexity index is 778. The van der Waals surface area contributed by atoms with Crippen molar-refractivity contribution >= 4 is 33.4 Å². The van der Waals surface area contributed by atoms with E-state index in [2.05, 4.69) is 10.5 Å². The highest BCUT2D eigenvalue weighted by Gasteiger charge is 2.17. The lowest BCUT2D eigenvalue weighted by molar-refractivity contribution is -0.127. The molecule has 2 atom stereocenters. The zero-order chi connectivity index (χ0) is 16.8. The highest BCUT2D eigenvalue weighted by atomic mass is 32.2. The van der Waals surface area contributed by atoms with Gasteiger partial charge in [-0.25, -0.2) is 5.43 Å². The summed E-state index contributed by atoms with van der Waals surface area (Å²) < 4.78 is 12.3. The third kappa shape index (κ3) is 4.43. The third-order valence-corrected chi connectivity index (χ3v) is 4.49. The molecule has 0 radical (unpaired) electrons. The SMILES string of the molecule is CC(NC(=O)CS(=O)c1ccc2ccccc2c1)C(=O)NN=N. The fourth-order valence-electron chi connectivity index (χ4n) is 2.01. The maximum Gasteiger partial charge on any atom is 0.263 e.